The molecule has 7 heteroatoms. The van der Waals surface area contributed by atoms with Gasteiger partial charge in [-0.25, -0.2) is 9.50 Å². The number of anilines is 1. The molecule has 0 aliphatic carbocycles. The van der Waals surface area contributed by atoms with E-state index in [1.165, 1.54) is 17.3 Å². The molecule has 0 aliphatic rings. The van der Waals surface area contributed by atoms with Gasteiger partial charge in [-0.15, -0.1) is 0 Å². The maximum atomic E-state index is 12.7. The Bertz CT molecular complexity index is 1290. The molecule has 0 saturated carbocycles. The molecule has 0 fully saturated rings. The Hall–Kier alpha value is -3.32. The first kappa shape index (κ1) is 23.8. The maximum absolute atomic E-state index is 12.7. The van der Waals surface area contributed by atoms with E-state index in [2.05, 4.69) is 36.3 Å². The van der Waals surface area contributed by atoms with Gasteiger partial charge in [0.25, 0.3) is 0 Å². The second-order valence-electron chi connectivity index (χ2n) is 8.40. The van der Waals surface area contributed by atoms with Crippen LogP contribution in [0.15, 0.2) is 59.9 Å². The van der Waals surface area contributed by atoms with E-state index in [0.717, 1.165) is 57.2 Å². The minimum Gasteiger partial charge on any atom is -0.493 e. The van der Waals surface area contributed by atoms with Crippen LogP contribution in [0.25, 0.3) is 16.8 Å². The number of thioether (sulfide) groups is 1. The quantitative estimate of drug-likeness (QED) is 0.230. The van der Waals surface area contributed by atoms with Crippen molar-refractivity contribution < 1.29 is 9.53 Å². The summed E-state index contributed by atoms with van der Waals surface area (Å²) >= 11 is 1.41. The number of ether oxygens (including phenoxy) is 1. The number of aromatic nitrogens is 3. The van der Waals surface area contributed by atoms with Crippen molar-refractivity contribution in [1.82, 2.24) is 14.6 Å². The highest BCUT2D eigenvalue weighted by molar-refractivity contribution is 8.00. The Kier molecular flexibility index (Phi) is 7.53. The summed E-state index contributed by atoms with van der Waals surface area (Å²) in [6.07, 6.45) is 5.62. The molecule has 0 saturated heterocycles. The van der Waals surface area contributed by atoms with E-state index in [1.54, 1.807) is 10.7 Å². The molecule has 0 radical (unpaired) electrons. The first-order valence-corrected chi connectivity index (χ1v) is 12.5. The van der Waals surface area contributed by atoms with Crippen molar-refractivity contribution in [3.8, 4) is 17.0 Å². The topological polar surface area (TPSA) is 68.5 Å². The molecule has 0 aliphatic heterocycles. The van der Waals surface area contributed by atoms with Gasteiger partial charge in [0.1, 0.15) is 10.8 Å². The number of rotatable bonds is 9. The van der Waals surface area contributed by atoms with Gasteiger partial charge in [0.2, 0.25) is 5.91 Å². The van der Waals surface area contributed by atoms with E-state index in [4.69, 9.17) is 9.84 Å². The lowest BCUT2D eigenvalue weighted by atomic mass is 10.1. The Morgan fingerprint density at radius 2 is 1.88 bits per heavy atom. The number of fused-ring (bicyclic) bond motifs is 1. The molecule has 2 aromatic heterocycles. The van der Waals surface area contributed by atoms with Gasteiger partial charge in [0.05, 0.1) is 23.6 Å². The molecule has 176 valence electrons. The highest BCUT2D eigenvalue weighted by Gasteiger charge is 2.15. The third-order valence-electron chi connectivity index (χ3n) is 5.55. The molecule has 0 bridgehead atoms. The lowest BCUT2D eigenvalue weighted by Crippen LogP contribution is -2.16. The molecule has 0 atom stereocenters. The molecule has 2 heterocycles. The Morgan fingerprint density at radius 1 is 1.12 bits per heavy atom. The zero-order chi connectivity index (χ0) is 24.1. The van der Waals surface area contributed by atoms with Crippen LogP contribution in [0.2, 0.25) is 0 Å². The van der Waals surface area contributed by atoms with Crippen molar-refractivity contribution in [2.45, 2.75) is 45.6 Å². The van der Waals surface area contributed by atoms with Crippen molar-refractivity contribution in [2.75, 3.05) is 17.7 Å². The first-order valence-electron chi connectivity index (χ1n) is 11.5. The molecule has 1 N–H and O–H groups in total. The maximum Gasteiger partial charge on any atom is 0.234 e. The number of carbonyl (C=O) groups excluding carboxylic acids is 1. The zero-order valence-corrected chi connectivity index (χ0v) is 20.9. The Morgan fingerprint density at radius 3 is 2.65 bits per heavy atom. The number of nitrogens with zero attached hydrogens (tertiary/aromatic N) is 3. The average Bonchev–Trinajstić information content (AvgIpc) is 3.25. The summed E-state index contributed by atoms with van der Waals surface area (Å²) in [6, 6.07) is 14.1. The normalized spacial score (nSPS) is 11.1. The highest BCUT2D eigenvalue weighted by Crippen LogP contribution is 2.32. The van der Waals surface area contributed by atoms with Crippen molar-refractivity contribution in [3.63, 3.8) is 0 Å². The number of amides is 1. The number of nitrogens with one attached hydrogen (secondary N) is 1. The number of para-hydroxylation sites is 1. The van der Waals surface area contributed by atoms with Gasteiger partial charge in [-0.3, -0.25) is 4.79 Å². The van der Waals surface area contributed by atoms with Crippen LogP contribution in [0, 0.1) is 20.8 Å². The van der Waals surface area contributed by atoms with Gasteiger partial charge in [-0.2, -0.15) is 5.10 Å². The van der Waals surface area contributed by atoms with Crippen LogP contribution in [-0.4, -0.2) is 32.9 Å². The standard InChI is InChI=1S/C27H30N4O2S/c1-5-6-13-33-24-10-8-7-9-21(24)22-16-23-27(28-11-12-31(23)30-22)34-17-25(32)29-26-19(3)14-18(2)15-20(26)4/h7-12,14-16H,5-6,13,17H2,1-4H3,(H,29,32). The molecule has 0 spiro atoms. The Labute approximate surface area is 204 Å². The van der Waals surface area contributed by atoms with Crippen LogP contribution in [-0.2, 0) is 4.79 Å². The summed E-state index contributed by atoms with van der Waals surface area (Å²) in [7, 11) is 0. The van der Waals surface area contributed by atoms with Gasteiger partial charge < -0.3 is 10.1 Å². The SMILES string of the molecule is CCCCOc1ccccc1-c1cc2c(SCC(=O)Nc3c(C)cc(C)cc3C)nccn2n1. The first-order chi connectivity index (χ1) is 16.5. The van der Waals surface area contributed by atoms with Crippen molar-refractivity contribution in [3.05, 3.63) is 71.5 Å². The van der Waals surface area contributed by atoms with Crippen LogP contribution >= 0.6 is 11.8 Å². The van der Waals surface area contributed by atoms with Crippen LogP contribution in [0.1, 0.15) is 36.5 Å². The monoisotopic (exact) mass is 474 g/mol. The van der Waals surface area contributed by atoms with Crippen LogP contribution in [0.5, 0.6) is 5.75 Å². The second kappa shape index (κ2) is 10.7. The molecule has 34 heavy (non-hydrogen) atoms. The summed E-state index contributed by atoms with van der Waals surface area (Å²) < 4.78 is 7.80. The molecule has 2 aromatic carbocycles. The van der Waals surface area contributed by atoms with Crippen LogP contribution in [0.4, 0.5) is 5.69 Å². The van der Waals surface area contributed by atoms with E-state index >= 15 is 0 Å². The molecule has 0 unspecified atom stereocenters. The number of hydrogen-bond donors (Lipinski definition) is 1. The van der Waals surface area contributed by atoms with E-state index in [1.807, 2.05) is 50.4 Å². The third kappa shape index (κ3) is 5.42. The largest absolute Gasteiger partial charge is 0.493 e. The zero-order valence-electron chi connectivity index (χ0n) is 20.1. The Balaban J connectivity index is 1.52. The van der Waals surface area contributed by atoms with E-state index in [9.17, 15) is 4.79 Å². The van der Waals surface area contributed by atoms with Gasteiger partial charge in [0, 0.05) is 23.6 Å². The molecule has 6 nitrogen and oxygen atoms in total. The van der Waals surface area contributed by atoms with Crippen molar-refractivity contribution in [1.29, 1.82) is 0 Å². The molecule has 4 rings (SSSR count). The number of unbranched alkanes of at least 4 members (excludes halogenated alkanes) is 1. The van der Waals surface area contributed by atoms with E-state index in [0.29, 0.717) is 6.61 Å². The summed E-state index contributed by atoms with van der Waals surface area (Å²) in [5.41, 5.74) is 6.83. The lowest BCUT2D eigenvalue weighted by molar-refractivity contribution is -0.113. The van der Waals surface area contributed by atoms with Crippen LogP contribution < -0.4 is 10.1 Å². The third-order valence-corrected chi connectivity index (χ3v) is 6.55. The smallest absolute Gasteiger partial charge is 0.234 e. The van der Waals surface area contributed by atoms with Gasteiger partial charge in [0.15, 0.2) is 0 Å². The summed E-state index contributed by atoms with van der Waals surface area (Å²) in [5.74, 6) is 1.03. The van der Waals surface area contributed by atoms with Gasteiger partial charge in [-0.1, -0.05) is 54.9 Å². The molecular formula is C27H30N4O2S. The van der Waals surface area contributed by atoms with E-state index < -0.39 is 0 Å². The average molecular weight is 475 g/mol. The molecule has 1 amide bonds. The summed E-state index contributed by atoms with van der Waals surface area (Å²) in [4.78, 5) is 17.2. The van der Waals surface area contributed by atoms with Gasteiger partial charge in [-0.05, 0) is 56.5 Å². The number of benzene rings is 2. The fraction of sp³-hybridized carbons (Fsp3) is 0.296. The molecule has 4 aromatic rings. The lowest BCUT2D eigenvalue weighted by Gasteiger charge is -2.12. The number of aryl methyl sites for hydroxylation is 3. The second-order valence-corrected chi connectivity index (χ2v) is 9.36. The number of carbonyl (C=O) groups is 1. The summed E-state index contributed by atoms with van der Waals surface area (Å²) in [5, 5.41) is 8.56. The van der Waals surface area contributed by atoms with Crippen molar-refractivity contribution in [2.24, 2.45) is 0 Å². The minimum atomic E-state index is -0.0572. The highest BCUT2D eigenvalue weighted by atomic mass is 32.2. The van der Waals surface area contributed by atoms with Crippen molar-refractivity contribution >= 4 is 28.9 Å². The predicted molar refractivity (Wildman–Crippen MR) is 139 cm³/mol. The number of hydrogen-bond acceptors (Lipinski definition) is 5. The fourth-order valence-electron chi connectivity index (χ4n) is 3.96. The van der Waals surface area contributed by atoms with E-state index in [-0.39, 0.29) is 11.7 Å². The summed E-state index contributed by atoms with van der Waals surface area (Å²) in [6.45, 7) is 8.92. The van der Waals surface area contributed by atoms with Gasteiger partial charge >= 0.3 is 0 Å². The minimum absolute atomic E-state index is 0.0572. The van der Waals surface area contributed by atoms with Crippen LogP contribution in [0.3, 0.4) is 0 Å². The molecular weight excluding hydrogens is 444 g/mol. The fourth-order valence-corrected chi connectivity index (χ4v) is 4.73. The predicted octanol–water partition coefficient (Wildman–Crippen LogP) is 6.23.